The van der Waals surface area contributed by atoms with Crippen LogP contribution in [0.15, 0.2) is 24.3 Å². The zero-order valence-corrected chi connectivity index (χ0v) is 11.7. The molecule has 0 N–H and O–H groups in total. The molecule has 0 aliphatic rings. The van der Waals surface area contributed by atoms with Gasteiger partial charge >= 0.3 is 0 Å². The molecule has 0 radical (unpaired) electrons. The second-order valence-corrected chi connectivity index (χ2v) is 10.4. The Hall–Kier alpha value is -0.763. The Morgan fingerprint density at radius 2 is 1.40 bits per heavy atom. The van der Waals surface area contributed by atoms with E-state index in [-0.39, 0.29) is 5.41 Å². The summed E-state index contributed by atoms with van der Waals surface area (Å²) in [6, 6.07) is 8.49. The SMILES string of the molecule is CC(C)(C)c1ccc(O[Si](C)(C)C)cc1. The van der Waals surface area contributed by atoms with Crippen LogP contribution in [0.4, 0.5) is 0 Å². The third-order valence-electron chi connectivity index (χ3n) is 2.14. The molecule has 0 aliphatic heterocycles. The first kappa shape index (κ1) is 12.3. The molecule has 0 fully saturated rings. The van der Waals surface area contributed by atoms with Crippen molar-refractivity contribution < 1.29 is 4.43 Å². The van der Waals surface area contributed by atoms with Gasteiger partial charge in [-0.2, -0.15) is 0 Å². The molecule has 0 unspecified atom stereocenters. The monoisotopic (exact) mass is 222 g/mol. The van der Waals surface area contributed by atoms with Crippen molar-refractivity contribution in [3.8, 4) is 5.75 Å². The summed E-state index contributed by atoms with van der Waals surface area (Å²) in [4.78, 5) is 0. The van der Waals surface area contributed by atoms with Gasteiger partial charge in [-0.05, 0) is 42.8 Å². The molecule has 0 saturated heterocycles. The molecule has 0 aromatic heterocycles. The molecule has 0 saturated carbocycles. The molecule has 0 bridgehead atoms. The highest BCUT2D eigenvalue weighted by Gasteiger charge is 2.17. The van der Waals surface area contributed by atoms with Crippen molar-refractivity contribution in [2.75, 3.05) is 0 Å². The van der Waals surface area contributed by atoms with Crippen LogP contribution in [0.2, 0.25) is 19.6 Å². The van der Waals surface area contributed by atoms with Gasteiger partial charge in [-0.15, -0.1) is 0 Å². The fourth-order valence-corrected chi connectivity index (χ4v) is 2.22. The van der Waals surface area contributed by atoms with E-state index in [0.29, 0.717) is 0 Å². The number of rotatable bonds is 2. The topological polar surface area (TPSA) is 9.23 Å². The van der Waals surface area contributed by atoms with Crippen LogP contribution in [0.25, 0.3) is 0 Å². The standard InChI is InChI=1S/C13H22OSi/c1-13(2,3)11-7-9-12(10-8-11)14-15(4,5)6/h7-10H,1-6H3. The van der Waals surface area contributed by atoms with Gasteiger partial charge in [0.05, 0.1) is 0 Å². The molecular formula is C13H22OSi. The maximum absolute atomic E-state index is 5.91. The minimum absolute atomic E-state index is 0.220. The predicted octanol–water partition coefficient (Wildman–Crippen LogP) is 4.20. The van der Waals surface area contributed by atoms with Crippen LogP contribution in [0.5, 0.6) is 5.75 Å². The Bertz CT molecular complexity index is 314. The molecule has 84 valence electrons. The molecule has 1 aromatic rings. The van der Waals surface area contributed by atoms with E-state index in [1.54, 1.807) is 0 Å². The molecule has 1 nitrogen and oxygen atoms in total. The summed E-state index contributed by atoms with van der Waals surface area (Å²) in [6.07, 6.45) is 0. The second kappa shape index (κ2) is 4.01. The lowest BCUT2D eigenvalue weighted by atomic mass is 9.87. The van der Waals surface area contributed by atoms with Gasteiger partial charge in [-0.1, -0.05) is 32.9 Å². The quantitative estimate of drug-likeness (QED) is 0.682. The van der Waals surface area contributed by atoms with Crippen LogP contribution < -0.4 is 4.43 Å². The highest BCUT2D eigenvalue weighted by atomic mass is 28.4. The Kier molecular flexibility index (Phi) is 3.29. The third-order valence-corrected chi connectivity index (χ3v) is 2.99. The van der Waals surface area contributed by atoms with Crippen molar-refractivity contribution in [2.45, 2.75) is 45.8 Å². The fraction of sp³-hybridized carbons (Fsp3) is 0.538. The van der Waals surface area contributed by atoms with Gasteiger partial charge in [0.15, 0.2) is 0 Å². The average Bonchev–Trinajstić information content (AvgIpc) is 2.00. The average molecular weight is 222 g/mol. The van der Waals surface area contributed by atoms with Crippen molar-refractivity contribution in [3.05, 3.63) is 29.8 Å². The van der Waals surface area contributed by atoms with E-state index < -0.39 is 8.32 Å². The lowest BCUT2D eigenvalue weighted by molar-refractivity contribution is 0.553. The van der Waals surface area contributed by atoms with Crippen LogP contribution in [0, 0.1) is 0 Å². The van der Waals surface area contributed by atoms with Crippen molar-refractivity contribution in [3.63, 3.8) is 0 Å². The maximum Gasteiger partial charge on any atom is 0.242 e. The zero-order chi connectivity index (χ0) is 11.7. The molecule has 0 aliphatic carbocycles. The molecule has 0 heterocycles. The summed E-state index contributed by atoms with van der Waals surface area (Å²) in [6.45, 7) is 13.3. The van der Waals surface area contributed by atoms with Crippen molar-refractivity contribution >= 4 is 8.32 Å². The maximum atomic E-state index is 5.91. The molecule has 0 spiro atoms. The second-order valence-electron chi connectivity index (χ2n) is 5.99. The van der Waals surface area contributed by atoms with Crippen molar-refractivity contribution in [1.29, 1.82) is 0 Å². The molecule has 2 heteroatoms. The van der Waals surface area contributed by atoms with E-state index in [1.807, 2.05) is 0 Å². The van der Waals surface area contributed by atoms with Gasteiger partial charge in [-0.3, -0.25) is 0 Å². The van der Waals surface area contributed by atoms with Crippen LogP contribution in [-0.4, -0.2) is 8.32 Å². The minimum atomic E-state index is -1.46. The van der Waals surface area contributed by atoms with Gasteiger partial charge in [-0.25, -0.2) is 0 Å². The van der Waals surface area contributed by atoms with E-state index >= 15 is 0 Å². The first-order chi connectivity index (χ1) is 6.68. The molecule has 0 atom stereocenters. The minimum Gasteiger partial charge on any atom is -0.544 e. The first-order valence-corrected chi connectivity index (χ1v) is 8.89. The summed E-state index contributed by atoms with van der Waals surface area (Å²) in [5.41, 5.74) is 1.57. The molecule has 1 aromatic carbocycles. The number of hydrogen-bond acceptors (Lipinski definition) is 1. The Balaban J connectivity index is 2.82. The van der Waals surface area contributed by atoms with E-state index in [9.17, 15) is 0 Å². The Labute approximate surface area is 94.6 Å². The normalized spacial score (nSPS) is 12.7. The molecule has 0 amide bonds. The van der Waals surface area contributed by atoms with Crippen LogP contribution in [0.3, 0.4) is 0 Å². The lowest BCUT2D eigenvalue weighted by Crippen LogP contribution is -2.29. The van der Waals surface area contributed by atoms with Crippen LogP contribution in [-0.2, 0) is 5.41 Å². The first-order valence-electron chi connectivity index (χ1n) is 5.48. The summed E-state index contributed by atoms with van der Waals surface area (Å²) < 4.78 is 5.91. The Morgan fingerprint density at radius 3 is 1.73 bits per heavy atom. The smallest absolute Gasteiger partial charge is 0.242 e. The highest BCUT2D eigenvalue weighted by molar-refractivity contribution is 6.70. The van der Waals surface area contributed by atoms with Crippen LogP contribution >= 0.6 is 0 Å². The van der Waals surface area contributed by atoms with E-state index in [2.05, 4.69) is 64.7 Å². The lowest BCUT2D eigenvalue weighted by Gasteiger charge is -2.22. The highest BCUT2D eigenvalue weighted by Crippen LogP contribution is 2.25. The van der Waals surface area contributed by atoms with Crippen molar-refractivity contribution in [2.24, 2.45) is 0 Å². The van der Waals surface area contributed by atoms with E-state index in [1.165, 1.54) is 5.56 Å². The zero-order valence-electron chi connectivity index (χ0n) is 10.7. The molecular weight excluding hydrogens is 200 g/mol. The fourth-order valence-electron chi connectivity index (χ4n) is 1.38. The van der Waals surface area contributed by atoms with Gasteiger partial charge in [0.2, 0.25) is 8.32 Å². The van der Waals surface area contributed by atoms with Gasteiger partial charge in [0.25, 0.3) is 0 Å². The van der Waals surface area contributed by atoms with Crippen molar-refractivity contribution in [1.82, 2.24) is 0 Å². The number of hydrogen-bond donors (Lipinski definition) is 0. The van der Waals surface area contributed by atoms with Gasteiger partial charge < -0.3 is 4.43 Å². The summed E-state index contributed by atoms with van der Waals surface area (Å²) in [5, 5.41) is 0. The summed E-state index contributed by atoms with van der Waals surface area (Å²) in [7, 11) is -1.46. The predicted molar refractivity (Wildman–Crippen MR) is 69.1 cm³/mol. The number of benzene rings is 1. The largest absolute Gasteiger partial charge is 0.544 e. The molecule has 1 rings (SSSR count). The third kappa shape index (κ3) is 4.08. The van der Waals surface area contributed by atoms with Gasteiger partial charge in [0, 0.05) is 0 Å². The van der Waals surface area contributed by atoms with E-state index in [4.69, 9.17) is 4.43 Å². The summed E-state index contributed by atoms with van der Waals surface area (Å²) >= 11 is 0. The Morgan fingerprint density at radius 1 is 0.933 bits per heavy atom. The molecule has 15 heavy (non-hydrogen) atoms. The van der Waals surface area contributed by atoms with E-state index in [0.717, 1.165) is 5.75 Å². The van der Waals surface area contributed by atoms with Crippen LogP contribution in [0.1, 0.15) is 26.3 Å². The van der Waals surface area contributed by atoms with Gasteiger partial charge in [0.1, 0.15) is 5.75 Å². The summed E-state index contributed by atoms with van der Waals surface area (Å²) in [5.74, 6) is 1.00.